The molecule has 0 aliphatic heterocycles. The molecule has 7 nitrogen and oxygen atoms in total. The van der Waals surface area contributed by atoms with Crippen LogP contribution < -0.4 is 5.32 Å². The van der Waals surface area contributed by atoms with Gasteiger partial charge in [0.25, 0.3) is 0 Å². The van der Waals surface area contributed by atoms with Crippen molar-refractivity contribution in [3.05, 3.63) is 32.9 Å². The van der Waals surface area contributed by atoms with Gasteiger partial charge < -0.3 is 5.32 Å². The van der Waals surface area contributed by atoms with E-state index in [4.69, 9.17) is 0 Å². The molecular formula is C8H9N5O2S. The number of nitrogens with zero attached hydrogens (tertiary/aromatic N) is 4. The van der Waals surface area contributed by atoms with Gasteiger partial charge in [0.15, 0.2) is 0 Å². The Kier molecular flexibility index (Phi) is 2.82. The first kappa shape index (κ1) is 10.6. The van der Waals surface area contributed by atoms with Crippen molar-refractivity contribution < 1.29 is 4.92 Å². The zero-order valence-electron chi connectivity index (χ0n) is 8.45. The first-order valence-electron chi connectivity index (χ1n) is 4.46. The lowest BCUT2D eigenvalue weighted by Gasteiger charge is -1.98. The Hall–Kier alpha value is -1.96. The SMILES string of the molecule is Cn1cc([N+](=O)[O-])c(NCc2cncs2)n1. The Bertz CT molecular complexity index is 493. The normalized spacial score (nSPS) is 10.3. The third-order valence-electron chi connectivity index (χ3n) is 1.92. The molecular weight excluding hydrogens is 230 g/mol. The highest BCUT2D eigenvalue weighted by molar-refractivity contribution is 7.09. The third kappa shape index (κ3) is 2.16. The van der Waals surface area contributed by atoms with Crippen LogP contribution in [0.3, 0.4) is 0 Å². The standard InChI is InChI=1S/C8H9N5O2S/c1-12-4-7(13(14)15)8(11-12)10-3-6-2-9-5-16-6/h2,4-5H,3H2,1H3,(H,10,11). The maximum absolute atomic E-state index is 10.7. The molecule has 0 saturated heterocycles. The first-order chi connectivity index (χ1) is 7.66. The van der Waals surface area contributed by atoms with E-state index in [0.717, 1.165) is 4.88 Å². The minimum Gasteiger partial charge on any atom is -0.358 e. The molecule has 0 amide bonds. The summed E-state index contributed by atoms with van der Waals surface area (Å²) >= 11 is 1.49. The molecule has 2 aromatic heterocycles. The Balaban J connectivity index is 2.12. The van der Waals surface area contributed by atoms with Crippen LogP contribution in [0.1, 0.15) is 4.88 Å². The second kappa shape index (κ2) is 4.27. The second-order valence-corrected chi connectivity index (χ2v) is 4.09. The molecule has 2 heterocycles. The molecule has 0 aliphatic carbocycles. The van der Waals surface area contributed by atoms with E-state index in [0.29, 0.717) is 6.54 Å². The fourth-order valence-corrected chi connectivity index (χ4v) is 1.77. The van der Waals surface area contributed by atoms with Crippen molar-refractivity contribution in [3.8, 4) is 0 Å². The number of thiazole rings is 1. The Labute approximate surface area is 94.9 Å². The van der Waals surface area contributed by atoms with Crippen molar-refractivity contribution in [2.24, 2.45) is 7.05 Å². The number of aromatic nitrogens is 3. The van der Waals surface area contributed by atoms with Crippen molar-refractivity contribution in [1.82, 2.24) is 14.8 Å². The molecule has 8 heteroatoms. The van der Waals surface area contributed by atoms with Crippen molar-refractivity contribution >= 4 is 22.8 Å². The van der Waals surface area contributed by atoms with E-state index in [-0.39, 0.29) is 11.5 Å². The van der Waals surface area contributed by atoms with E-state index in [1.54, 1.807) is 18.8 Å². The topological polar surface area (TPSA) is 85.9 Å². The lowest BCUT2D eigenvalue weighted by atomic mass is 10.5. The van der Waals surface area contributed by atoms with Gasteiger partial charge in [0.2, 0.25) is 5.82 Å². The van der Waals surface area contributed by atoms with Crippen LogP contribution in [0.25, 0.3) is 0 Å². The fraction of sp³-hybridized carbons (Fsp3) is 0.250. The Morgan fingerprint density at radius 1 is 1.69 bits per heavy atom. The van der Waals surface area contributed by atoms with Crippen LogP contribution in [0.15, 0.2) is 17.9 Å². The van der Waals surface area contributed by atoms with Crippen LogP contribution in [0, 0.1) is 10.1 Å². The van der Waals surface area contributed by atoms with Gasteiger partial charge in [-0.3, -0.25) is 19.8 Å². The summed E-state index contributed by atoms with van der Waals surface area (Å²) in [6, 6.07) is 0. The smallest absolute Gasteiger partial charge is 0.330 e. The number of nitrogens with one attached hydrogen (secondary N) is 1. The van der Waals surface area contributed by atoms with Gasteiger partial charge in [-0.2, -0.15) is 0 Å². The first-order valence-corrected chi connectivity index (χ1v) is 5.34. The van der Waals surface area contributed by atoms with Gasteiger partial charge in [0.1, 0.15) is 6.20 Å². The summed E-state index contributed by atoms with van der Waals surface area (Å²) < 4.78 is 1.41. The van der Waals surface area contributed by atoms with Crippen molar-refractivity contribution in [2.75, 3.05) is 5.32 Å². The van der Waals surface area contributed by atoms with E-state index < -0.39 is 4.92 Å². The van der Waals surface area contributed by atoms with Gasteiger partial charge in [-0.15, -0.1) is 16.4 Å². The van der Waals surface area contributed by atoms with Crippen LogP contribution in [-0.4, -0.2) is 19.7 Å². The Morgan fingerprint density at radius 3 is 3.12 bits per heavy atom. The number of hydrogen-bond donors (Lipinski definition) is 1. The van der Waals surface area contributed by atoms with Gasteiger partial charge in [-0.05, 0) is 0 Å². The average molecular weight is 239 g/mol. The van der Waals surface area contributed by atoms with Gasteiger partial charge in [-0.25, -0.2) is 0 Å². The minimum absolute atomic E-state index is 0.0213. The van der Waals surface area contributed by atoms with E-state index in [1.807, 2.05) is 0 Å². The monoisotopic (exact) mass is 239 g/mol. The summed E-state index contributed by atoms with van der Waals surface area (Å²) in [5, 5.41) is 17.6. The second-order valence-electron chi connectivity index (χ2n) is 3.12. The molecule has 0 spiro atoms. The highest BCUT2D eigenvalue weighted by atomic mass is 32.1. The summed E-state index contributed by atoms with van der Waals surface area (Å²) in [5.41, 5.74) is 1.69. The lowest BCUT2D eigenvalue weighted by molar-refractivity contribution is -0.384. The molecule has 0 atom stereocenters. The molecule has 0 aromatic carbocycles. The molecule has 0 fully saturated rings. The molecule has 0 unspecified atom stereocenters. The van der Waals surface area contributed by atoms with Gasteiger partial charge >= 0.3 is 5.69 Å². The van der Waals surface area contributed by atoms with E-state index >= 15 is 0 Å². The molecule has 0 bridgehead atoms. The van der Waals surface area contributed by atoms with Crippen molar-refractivity contribution in [2.45, 2.75) is 6.54 Å². The van der Waals surface area contributed by atoms with Crippen molar-refractivity contribution in [3.63, 3.8) is 0 Å². The number of hydrogen-bond acceptors (Lipinski definition) is 6. The van der Waals surface area contributed by atoms with E-state index in [2.05, 4.69) is 15.4 Å². The molecule has 0 aliphatic rings. The predicted octanol–water partition coefficient (Wildman–Crippen LogP) is 1.40. The highest BCUT2D eigenvalue weighted by Crippen LogP contribution is 2.22. The van der Waals surface area contributed by atoms with Crippen LogP contribution >= 0.6 is 11.3 Å². The number of aryl methyl sites for hydroxylation is 1. The predicted molar refractivity (Wildman–Crippen MR) is 59.3 cm³/mol. The zero-order chi connectivity index (χ0) is 11.5. The van der Waals surface area contributed by atoms with Crippen LogP contribution in [0.4, 0.5) is 11.5 Å². The summed E-state index contributed by atoms with van der Waals surface area (Å²) in [6.07, 6.45) is 3.08. The van der Waals surface area contributed by atoms with Gasteiger partial charge in [0, 0.05) is 18.1 Å². The molecule has 1 N–H and O–H groups in total. The number of nitro groups is 1. The third-order valence-corrected chi connectivity index (χ3v) is 2.70. The highest BCUT2D eigenvalue weighted by Gasteiger charge is 2.17. The lowest BCUT2D eigenvalue weighted by Crippen LogP contribution is -2.01. The molecule has 2 aromatic rings. The van der Waals surface area contributed by atoms with Crippen LogP contribution in [-0.2, 0) is 13.6 Å². The average Bonchev–Trinajstić information content (AvgIpc) is 2.83. The van der Waals surface area contributed by atoms with Crippen LogP contribution in [0.5, 0.6) is 0 Å². The van der Waals surface area contributed by atoms with Gasteiger partial charge in [0.05, 0.1) is 17.0 Å². The molecule has 16 heavy (non-hydrogen) atoms. The molecule has 0 radical (unpaired) electrons. The largest absolute Gasteiger partial charge is 0.358 e. The van der Waals surface area contributed by atoms with Gasteiger partial charge in [-0.1, -0.05) is 0 Å². The Morgan fingerprint density at radius 2 is 2.50 bits per heavy atom. The number of anilines is 1. The minimum atomic E-state index is -0.456. The molecule has 0 saturated carbocycles. The summed E-state index contributed by atoms with van der Waals surface area (Å²) in [7, 11) is 1.64. The summed E-state index contributed by atoms with van der Waals surface area (Å²) in [5.74, 6) is 0.279. The molecule has 2 rings (SSSR count). The summed E-state index contributed by atoms with van der Waals surface area (Å²) in [4.78, 5) is 15.2. The summed E-state index contributed by atoms with van der Waals surface area (Å²) in [6.45, 7) is 0.489. The number of rotatable bonds is 4. The quantitative estimate of drug-likeness (QED) is 0.643. The van der Waals surface area contributed by atoms with Crippen molar-refractivity contribution in [1.29, 1.82) is 0 Å². The maximum atomic E-state index is 10.7. The zero-order valence-corrected chi connectivity index (χ0v) is 9.27. The molecule has 84 valence electrons. The van der Waals surface area contributed by atoms with E-state index in [9.17, 15) is 10.1 Å². The maximum Gasteiger partial charge on any atom is 0.330 e. The van der Waals surface area contributed by atoms with E-state index in [1.165, 1.54) is 22.2 Å². The van der Waals surface area contributed by atoms with Crippen LogP contribution in [0.2, 0.25) is 0 Å². The fourth-order valence-electron chi connectivity index (χ4n) is 1.24.